The van der Waals surface area contributed by atoms with Gasteiger partial charge < -0.3 is 15.7 Å². The summed E-state index contributed by atoms with van der Waals surface area (Å²) in [6.45, 7) is 6.93. The molecule has 1 aromatic rings. The topological polar surface area (TPSA) is 70.1 Å². The lowest BCUT2D eigenvalue weighted by Crippen LogP contribution is -2.57. The molecule has 94 valence electrons. The molecule has 0 radical (unpaired) electrons. The number of hydrogen-bond donors (Lipinski definition) is 3. The summed E-state index contributed by atoms with van der Waals surface area (Å²) in [6, 6.07) is 2.11. The van der Waals surface area contributed by atoms with Crippen LogP contribution in [-0.2, 0) is 0 Å². The molecule has 3 N–H and O–H groups in total. The van der Waals surface area contributed by atoms with Crippen LogP contribution in [0.4, 0.5) is 11.8 Å². The largest absolute Gasteiger partial charge is 0.392 e. The Morgan fingerprint density at radius 1 is 1.53 bits per heavy atom. The number of rotatable bonds is 4. The fraction of sp³-hybridized carbons (Fsp3) is 0.667. The Hall–Kier alpha value is -1.36. The lowest BCUT2D eigenvalue weighted by Gasteiger charge is -2.49. The van der Waals surface area contributed by atoms with Gasteiger partial charge in [-0.05, 0) is 19.4 Å². The fourth-order valence-corrected chi connectivity index (χ4v) is 2.01. The molecule has 0 saturated heterocycles. The molecule has 5 nitrogen and oxygen atoms in total. The number of aromatic nitrogens is 2. The molecular formula is C12H20N4O. The van der Waals surface area contributed by atoms with Crippen LogP contribution >= 0.6 is 0 Å². The summed E-state index contributed by atoms with van der Waals surface area (Å²) in [6.07, 6.45) is 2.28. The summed E-state index contributed by atoms with van der Waals surface area (Å²) in [5.41, 5.74) is -0.0940. The van der Waals surface area contributed by atoms with Crippen molar-refractivity contribution in [2.45, 2.75) is 39.3 Å². The predicted octanol–water partition coefficient (Wildman–Crippen LogP) is 1.48. The first-order valence-electron chi connectivity index (χ1n) is 6.05. The first kappa shape index (κ1) is 12.1. The number of aliphatic hydroxyl groups excluding tert-OH is 1. The zero-order chi connectivity index (χ0) is 12.5. The van der Waals surface area contributed by atoms with Gasteiger partial charge in [0, 0.05) is 24.2 Å². The fourth-order valence-electron chi connectivity index (χ4n) is 2.01. The molecule has 1 aliphatic carbocycles. The first-order valence-corrected chi connectivity index (χ1v) is 6.05. The lowest BCUT2D eigenvalue weighted by atomic mass is 9.64. The van der Waals surface area contributed by atoms with Crippen LogP contribution < -0.4 is 10.6 Å². The highest BCUT2D eigenvalue weighted by Crippen LogP contribution is 2.41. The molecule has 2 atom stereocenters. The lowest BCUT2D eigenvalue weighted by molar-refractivity contribution is -0.0511. The van der Waals surface area contributed by atoms with Gasteiger partial charge >= 0.3 is 0 Å². The third-order valence-electron chi connectivity index (χ3n) is 3.53. The van der Waals surface area contributed by atoms with E-state index in [4.69, 9.17) is 0 Å². The quantitative estimate of drug-likeness (QED) is 0.738. The monoisotopic (exact) mass is 236 g/mol. The molecular weight excluding hydrogens is 216 g/mol. The maximum Gasteiger partial charge on any atom is 0.224 e. The standard InChI is InChI=1S/C12H20N4O/c1-4-13-11-14-6-5-10(16-11)15-8-7-9(17)12(8,2)3/h5-6,8-9,17H,4,7H2,1-3H3,(H2,13,14,15,16). The number of aliphatic hydroxyl groups is 1. The molecule has 1 fully saturated rings. The number of hydrogen-bond acceptors (Lipinski definition) is 5. The Morgan fingerprint density at radius 2 is 2.29 bits per heavy atom. The van der Waals surface area contributed by atoms with E-state index in [0.717, 1.165) is 18.8 Å². The maximum absolute atomic E-state index is 9.68. The summed E-state index contributed by atoms with van der Waals surface area (Å²) in [7, 11) is 0. The van der Waals surface area contributed by atoms with E-state index in [1.54, 1.807) is 6.20 Å². The molecule has 17 heavy (non-hydrogen) atoms. The van der Waals surface area contributed by atoms with E-state index in [-0.39, 0.29) is 17.6 Å². The van der Waals surface area contributed by atoms with E-state index < -0.39 is 0 Å². The highest BCUT2D eigenvalue weighted by Gasteiger charge is 2.47. The average molecular weight is 236 g/mol. The van der Waals surface area contributed by atoms with Crippen LogP contribution in [-0.4, -0.2) is 33.8 Å². The van der Waals surface area contributed by atoms with Crippen LogP contribution in [0.3, 0.4) is 0 Å². The SMILES string of the molecule is CCNc1nccc(NC2CC(O)C2(C)C)n1. The molecule has 5 heteroatoms. The second-order valence-corrected chi connectivity index (χ2v) is 5.07. The van der Waals surface area contributed by atoms with Gasteiger partial charge in [0.05, 0.1) is 6.10 Å². The predicted molar refractivity (Wildman–Crippen MR) is 68.0 cm³/mol. The molecule has 1 aliphatic rings. The van der Waals surface area contributed by atoms with E-state index in [2.05, 4.69) is 34.4 Å². The van der Waals surface area contributed by atoms with Gasteiger partial charge in [-0.1, -0.05) is 13.8 Å². The molecule has 0 spiro atoms. The van der Waals surface area contributed by atoms with Gasteiger partial charge in [-0.3, -0.25) is 0 Å². The Morgan fingerprint density at radius 3 is 2.88 bits per heavy atom. The van der Waals surface area contributed by atoms with Gasteiger partial charge in [0.2, 0.25) is 5.95 Å². The Bertz CT molecular complexity index is 394. The van der Waals surface area contributed by atoms with Crippen LogP contribution in [0.25, 0.3) is 0 Å². The molecule has 1 heterocycles. The summed E-state index contributed by atoms with van der Waals surface area (Å²) in [5.74, 6) is 1.44. The van der Waals surface area contributed by atoms with Gasteiger partial charge in [0.15, 0.2) is 0 Å². The van der Waals surface area contributed by atoms with E-state index in [1.165, 1.54) is 0 Å². The molecule has 0 aromatic carbocycles. The van der Waals surface area contributed by atoms with Crippen LogP contribution in [0, 0.1) is 5.41 Å². The van der Waals surface area contributed by atoms with Gasteiger partial charge in [-0.2, -0.15) is 4.98 Å². The summed E-state index contributed by atoms with van der Waals surface area (Å²) in [4.78, 5) is 8.48. The molecule has 1 aromatic heterocycles. The summed E-state index contributed by atoms with van der Waals surface area (Å²) >= 11 is 0. The van der Waals surface area contributed by atoms with Crippen molar-refractivity contribution >= 4 is 11.8 Å². The third-order valence-corrected chi connectivity index (χ3v) is 3.53. The zero-order valence-corrected chi connectivity index (χ0v) is 10.6. The molecule has 0 bridgehead atoms. The van der Waals surface area contributed by atoms with E-state index in [9.17, 15) is 5.11 Å². The van der Waals surface area contributed by atoms with Crippen molar-refractivity contribution in [3.63, 3.8) is 0 Å². The van der Waals surface area contributed by atoms with E-state index in [0.29, 0.717) is 5.95 Å². The maximum atomic E-state index is 9.68. The Kier molecular flexibility index (Phi) is 3.19. The van der Waals surface area contributed by atoms with Crippen molar-refractivity contribution < 1.29 is 5.11 Å². The van der Waals surface area contributed by atoms with Crippen molar-refractivity contribution in [3.8, 4) is 0 Å². The van der Waals surface area contributed by atoms with Crippen molar-refractivity contribution in [1.82, 2.24) is 9.97 Å². The van der Waals surface area contributed by atoms with Crippen LogP contribution in [0.5, 0.6) is 0 Å². The number of nitrogens with zero attached hydrogens (tertiary/aromatic N) is 2. The minimum atomic E-state index is -0.227. The van der Waals surface area contributed by atoms with E-state index in [1.807, 2.05) is 13.0 Å². The minimum absolute atomic E-state index is 0.0940. The second kappa shape index (κ2) is 4.49. The molecule has 2 unspecified atom stereocenters. The average Bonchev–Trinajstić information content (AvgIpc) is 2.30. The van der Waals surface area contributed by atoms with Crippen molar-refractivity contribution in [2.75, 3.05) is 17.2 Å². The Labute approximate surface area is 102 Å². The molecule has 0 amide bonds. The summed E-state index contributed by atoms with van der Waals surface area (Å²) in [5, 5.41) is 16.1. The molecule has 1 saturated carbocycles. The van der Waals surface area contributed by atoms with Gasteiger partial charge in [0.1, 0.15) is 5.82 Å². The Balaban J connectivity index is 2.02. The highest BCUT2D eigenvalue weighted by atomic mass is 16.3. The molecule has 0 aliphatic heterocycles. The zero-order valence-electron chi connectivity index (χ0n) is 10.6. The van der Waals surface area contributed by atoms with Gasteiger partial charge in [-0.25, -0.2) is 4.98 Å². The van der Waals surface area contributed by atoms with Crippen LogP contribution in [0.2, 0.25) is 0 Å². The van der Waals surface area contributed by atoms with Crippen LogP contribution in [0.15, 0.2) is 12.3 Å². The number of anilines is 2. The van der Waals surface area contributed by atoms with Crippen molar-refractivity contribution in [1.29, 1.82) is 0 Å². The van der Waals surface area contributed by atoms with Crippen molar-refractivity contribution in [2.24, 2.45) is 5.41 Å². The highest BCUT2D eigenvalue weighted by molar-refractivity contribution is 5.41. The van der Waals surface area contributed by atoms with Gasteiger partial charge in [0.25, 0.3) is 0 Å². The van der Waals surface area contributed by atoms with Crippen LogP contribution in [0.1, 0.15) is 27.2 Å². The minimum Gasteiger partial charge on any atom is -0.392 e. The smallest absolute Gasteiger partial charge is 0.224 e. The van der Waals surface area contributed by atoms with E-state index >= 15 is 0 Å². The second-order valence-electron chi connectivity index (χ2n) is 5.07. The normalized spacial score (nSPS) is 26.1. The third kappa shape index (κ3) is 2.34. The van der Waals surface area contributed by atoms with Crippen molar-refractivity contribution in [3.05, 3.63) is 12.3 Å². The molecule has 2 rings (SSSR count). The first-order chi connectivity index (χ1) is 8.04. The summed E-state index contributed by atoms with van der Waals surface area (Å²) < 4.78 is 0. The van der Waals surface area contributed by atoms with Gasteiger partial charge in [-0.15, -0.1) is 0 Å². The number of nitrogens with one attached hydrogen (secondary N) is 2.